The minimum atomic E-state index is -4.16. The van der Waals surface area contributed by atoms with E-state index < -0.39 is 18.2 Å². The number of hydrogen-bond acceptors (Lipinski definition) is 3. The van der Waals surface area contributed by atoms with Crippen molar-refractivity contribution in [1.82, 2.24) is 0 Å². The molecule has 2 unspecified atom stereocenters. The van der Waals surface area contributed by atoms with Gasteiger partial charge >= 0.3 is 0 Å². The molecule has 35 heavy (non-hydrogen) atoms. The first-order chi connectivity index (χ1) is 15.8. The SMILES string of the molecule is Cc1cc(C(C)(C)C)cc(C)c1C(=O)P(=O)(CC(C)CC(C)(C)C)C(=O)c1c(Cl)cc(Cl)cc1Cl. The van der Waals surface area contributed by atoms with Gasteiger partial charge in [-0.2, -0.15) is 0 Å². The zero-order valence-corrected chi connectivity index (χ0v) is 25.3. The quantitative estimate of drug-likeness (QED) is 0.318. The fraction of sp³-hybridized carbons (Fsp3) is 0.500. The molecule has 2 aromatic rings. The molecule has 0 radical (unpaired) electrons. The first kappa shape index (κ1) is 30.1. The molecular formula is C28H36Cl3O3P. The van der Waals surface area contributed by atoms with E-state index in [4.69, 9.17) is 34.8 Å². The Kier molecular flexibility index (Phi) is 9.21. The summed E-state index contributed by atoms with van der Waals surface area (Å²) < 4.78 is 14.6. The van der Waals surface area contributed by atoms with E-state index >= 15 is 0 Å². The molecule has 192 valence electrons. The van der Waals surface area contributed by atoms with Crippen LogP contribution in [0, 0.1) is 25.2 Å². The van der Waals surface area contributed by atoms with E-state index in [9.17, 15) is 14.2 Å². The summed E-state index contributed by atoms with van der Waals surface area (Å²) in [5, 5.41) is 0.226. The van der Waals surface area contributed by atoms with Gasteiger partial charge in [0.05, 0.1) is 15.6 Å². The van der Waals surface area contributed by atoms with Gasteiger partial charge in [-0.15, -0.1) is 0 Å². The van der Waals surface area contributed by atoms with Crippen LogP contribution < -0.4 is 0 Å². The van der Waals surface area contributed by atoms with Crippen LogP contribution in [0.15, 0.2) is 24.3 Å². The molecule has 2 atom stereocenters. The molecular weight excluding hydrogens is 522 g/mol. The molecule has 0 heterocycles. The van der Waals surface area contributed by atoms with Crippen LogP contribution in [-0.2, 0) is 9.98 Å². The van der Waals surface area contributed by atoms with Gasteiger partial charge in [-0.3, -0.25) is 9.59 Å². The van der Waals surface area contributed by atoms with Crippen molar-refractivity contribution in [2.24, 2.45) is 11.3 Å². The third kappa shape index (κ3) is 7.01. The Balaban J connectivity index is 2.73. The summed E-state index contributed by atoms with van der Waals surface area (Å²) in [6.45, 7) is 18.1. The van der Waals surface area contributed by atoms with E-state index in [1.165, 1.54) is 12.1 Å². The van der Waals surface area contributed by atoms with Crippen molar-refractivity contribution in [3.05, 3.63) is 67.2 Å². The highest BCUT2D eigenvalue weighted by Crippen LogP contribution is 2.56. The highest BCUT2D eigenvalue weighted by molar-refractivity contribution is 7.95. The van der Waals surface area contributed by atoms with Gasteiger partial charge in [-0.25, -0.2) is 0 Å². The van der Waals surface area contributed by atoms with E-state index in [1.807, 2.05) is 32.9 Å². The minimum Gasteiger partial charge on any atom is -0.307 e. The maximum absolute atomic E-state index is 14.6. The lowest BCUT2D eigenvalue weighted by Gasteiger charge is -2.27. The Hall–Kier alpha value is -1.12. The van der Waals surface area contributed by atoms with Gasteiger partial charge in [-0.05, 0) is 65.8 Å². The average molecular weight is 558 g/mol. The number of carbonyl (C=O) groups excluding carboxylic acids is 2. The zero-order chi connectivity index (χ0) is 27.1. The standard InChI is InChI=1S/C28H36Cl3O3P/c1-16(14-27(4,5)6)15-35(34,26(33)24-21(30)12-20(29)13-22(24)31)25(32)23-17(2)10-19(11-18(23)3)28(7,8)9/h10-13,16H,14-15H2,1-9H3. The van der Waals surface area contributed by atoms with E-state index in [-0.39, 0.29) is 43.5 Å². The van der Waals surface area contributed by atoms with Crippen LogP contribution in [0.5, 0.6) is 0 Å². The average Bonchev–Trinajstić information content (AvgIpc) is 2.63. The number of hydrogen-bond donors (Lipinski definition) is 0. The maximum atomic E-state index is 14.6. The van der Waals surface area contributed by atoms with Crippen molar-refractivity contribution in [3.8, 4) is 0 Å². The largest absolute Gasteiger partial charge is 0.307 e. The van der Waals surface area contributed by atoms with Crippen LogP contribution in [0.3, 0.4) is 0 Å². The molecule has 0 fully saturated rings. The second-order valence-corrected chi connectivity index (χ2v) is 15.8. The summed E-state index contributed by atoms with van der Waals surface area (Å²) in [6.07, 6.45) is 0.637. The molecule has 7 heteroatoms. The molecule has 0 amide bonds. The Morgan fingerprint density at radius 2 is 1.26 bits per heavy atom. The molecule has 3 nitrogen and oxygen atoms in total. The molecule has 0 aromatic heterocycles. The second kappa shape index (κ2) is 10.7. The van der Waals surface area contributed by atoms with Crippen LogP contribution in [0.25, 0.3) is 0 Å². The summed E-state index contributed by atoms with van der Waals surface area (Å²) in [5.41, 5.74) is 1.05. The first-order valence-corrected chi connectivity index (χ1v) is 14.8. The molecule has 2 aromatic carbocycles. The smallest absolute Gasteiger partial charge is 0.231 e. The van der Waals surface area contributed by atoms with Gasteiger partial charge in [0.25, 0.3) is 0 Å². The van der Waals surface area contributed by atoms with Crippen molar-refractivity contribution in [1.29, 1.82) is 0 Å². The maximum Gasteiger partial charge on any atom is 0.231 e. The Morgan fingerprint density at radius 3 is 1.66 bits per heavy atom. The predicted molar refractivity (Wildman–Crippen MR) is 150 cm³/mol. The fourth-order valence-electron chi connectivity index (χ4n) is 4.65. The first-order valence-electron chi connectivity index (χ1n) is 11.7. The normalized spacial score (nSPS) is 15.0. The molecule has 0 aliphatic heterocycles. The molecule has 0 bridgehead atoms. The highest BCUT2D eigenvalue weighted by Gasteiger charge is 2.45. The van der Waals surface area contributed by atoms with Crippen molar-refractivity contribution < 1.29 is 14.2 Å². The van der Waals surface area contributed by atoms with Crippen molar-refractivity contribution in [2.75, 3.05) is 6.16 Å². The summed E-state index contributed by atoms with van der Waals surface area (Å²) >= 11 is 18.7. The lowest BCUT2D eigenvalue weighted by atomic mass is 9.84. The summed E-state index contributed by atoms with van der Waals surface area (Å²) in [7, 11) is -4.16. The third-order valence-electron chi connectivity index (χ3n) is 6.02. The van der Waals surface area contributed by atoms with E-state index in [0.717, 1.165) is 5.56 Å². The van der Waals surface area contributed by atoms with E-state index in [0.29, 0.717) is 23.1 Å². The van der Waals surface area contributed by atoms with E-state index in [1.54, 1.807) is 0 Å². The second-order valence-electron chi connectivity index (χ2n) is 11.9. The van der Waals surface area contributed by atoms with Crippen LogP contribution in [0.1, 0.15) is 92.3 Å². The van der Waals surface area contributed by atoms with Gasteiger partial charge in [-0.1, -0.05) is 95.4 Å². The molecule has 0 saturated carbocycles. The lowest BCUT2D eigenvalue weighted by molar-refractivity contribution is 0.103. The Morgan fingerprint density at radius 1 is 0.829 bits per heavy atom. The van der Waals surface area contributed by atoms with Gasteiger partial charge in [0.1, 0.15) is 0 Å². The molecule has 0 saturated heterocycles. The monoisotopic (exact) mass is 556 g/mol. The molecule has 0 spiro atoms. The zero-order valence-electron chi connectivity index (χ0n) is 22.1. The third-order valence-corrected chi connectivity index (χ3v) is 9.73. The molecule has 2 rings (SSSR count). The topological polar surface area (TPSA) is 51.2 Å². The number of benzene rings is 2. The summed E-state index contributed by atoms with van der Waals surface area (Å²) in [5.74, 6) is -0.145. The van der Waals surface area contributed by atoms with Crippen LogP contribution >= 0.6 is 41.9 Å². The number of halogens is 3. The highest BCUT2D eigenvalue weighted by atomic mass is 35.5. The van der Waals surface area contributed by atoms with Crippen molar-refractivity contribution in [3.63, 3.8) is 0 Å². The molecule has 0 aliphatic carbocycles. The summed E-state index contributed by atoms with van der Waals surface area (Å²) in [4.78, 5) is 28.0. The lowest BCUT2D eigenvalue weighted by Crippen LogP contribution is -2.22. The van der Waals surface area contributed by atoms with Crippen LogP contribution in [0.2, 0.25) is 15.1 Å². The number of aryl methyl sites for hydroxylation is 2. The Labute approximate surface area is 225 Å². The van der Waals surface area contributed by atoms with Crippen molar-refractivity contribution in [2.45, 2.75) is 74.1 Å². The fourth-order valence-corrected chi connectivity index (χ4v) is 8.61. The van der Waals surface area contributed by atoms with E-state index in [2.05, 4.69) is 41.5 Å². The summed E-state index contributed by atoms with van der Waals surface area (Å²) in [6, 6.07) is 6.64. The van der Waals surface area contributed by atoms with Gasteiger partial charge in [0.15, 0.2) is 0 Å². The van der Waals surface area contributed by atoms with Crippen LogP contribution in [0.4, 0.5) is 0 Å². The van der Waals surface area contributed by atoms with Crippen LogP contribution in [-0.4, -0.2) is 17.2 Å². The van der Waals surface area contributed by atoms with Gasteiger partial charge in [0.2, 0.25) is 18.2 Å². The number of carbonyl (C=O) groups is 2. The molecule has 0 N–H and O–H groups in total. The predicted octanol–water partition coefficient (Wildman–Crippen LogP) is 9.98. The Bertz CT molecular complexity index is 1160. The van der Waals surface area contributed by atoms with Gasteiger partial charge < -0.3 is 4.57 Å². The van der Waals surface area contributed by atoms with Gasteiger partial charge in [0, 0.05) is 16.7 Å². The molecule has 0 aliphatic rings. The van der Waals surface area contributed by atoms with Crippen molar-refractivity contribution >= 4 is 53.0 Å². The number of rotatable bonds is 7. The minimum absolute atomic E-state index is 0.0134.